The van der Waals surface area contributed by atoms with Gasteiger partial charge in [-0.05, 0) is 0 Å². The zero-order valence-electron chi connectivity index (χ0n) is 8.37. The standard InChI is InChI=1S/C8H11N3O3S2/c9-16(13,14)7-1-8(12)11(3-7)2-6-4-15-5-10-6/h4-5,7H,1-3H2,(H2,9,13,14). The third-order valence-electron chi connectivity index (χ3n) is 2.48. The number of amides is 1. The van der Waals surface area contributed by atoms with E-state index in [0.29, 0.717) is 6.54 Å². The summed E-state index contributed by atoms with van der Waals surface area (Å²) in [6, 6.07) is 0. The van der Waals surface area contributed by atoms with E-state index in [1.54, 1.807) is 5.51 Å². The number of primary sulfonamides is 1. The Balaban J connectivity index is 2.06. The lowest BCUT2D eigenvalue weighted by molar-refractivity contribution is -0.128. The summed E-state index contributed by atoms with van der Waals surface area (Å²) in [5, 5.41) is 6.07. The Labute approximate surface area is 97.1 Å². The van der Waals surface area contributed by atoms with Gasteiger partial charge in [-0.1, -0.05) is 0 Å². The maximum Gasteiger partial charge on any atom is 0.224 e. The van der Waals surface area contributed by atoms with Gasteiger partial charge in [0.2, 0.25) is 15.9 Å². The predicted molar refractivity (Wildman–Crippen MR) is 59.0 cm³/mol. The number of hydrogen-bond donors (Lipinski definition) is 1. The second kappa shape index (κ2) is 4.11. The van der Waals surface area contributed by atoms with E-state index in [1.165, 1.54) is 16.2 Å². The molecule has 2 heterocycles. The van der Waals surface area contributed by atoms with Crippen LogP contribution in [0.5, 0.6) is 0 Å². The predicted octanol–water partition coefficient (Wildman–Crippen LogP) is -0.467. The molecule has 1 fully saturated rings. The average Bonchev–Trinajstić information content (AvgIpc) is 2.76. The summed E-state index contributed by atoms with van der Waals surface area (Å²) in [4.78, 5) is 17.1. The normalized spacial score (nSPS) is 21.7. The molecule has 1 aliphatic rings. The molecule has 1 atom stereocenters. The third kappa shape index (κ3) is 2.39. The van der Waals surface area contributed by atoms with Crippen LogP contribution in [-0.4, -0.2) is 36.0 Å². The van der Waals surface area contributed by atoms with E-state index >= 15 is 0 Å². The smallest absolute Gasteiger partial charge is 0.224 e. The van der Waals surface area contributed by atoms with Crippen LogP contribution in [0.15, 0.2) is 10.9 Å². The number of likely N-dealkylation sites (tertiary alicyclic amines) is 1. The van der Waals surface area contributed by atoms with Crippen molar-refractivity contribution < 1.29 is 13.2 Å². The van der Waals surface area contributed by atoms with E-state index in [1.807, 2.05) is 5.38 Å². The highest BCUT2D eigenvalue weighted by Crippen LogP contribution is 2.18. The molecule has 88 valence electrons. The number of nitrogens with zero attached hydrogens (tertiary/aromatic N) is 2. The van der Waals surface area contributed by atoms with Crippen LogP contribution in [0.1, 0.15) is 12.1 Å². The Bertz CT molecular complexity index is 483. The van der Waals surface area contributed by atoms with Gasteiger partial charge in [0.1, 0.15) is 5.25 Å². The third-order valence-corrected chi connectivity index (χ3v) is 4.36. The van der Waals surface area contributed by atoms with Crippen LogP contribution in [0.2, 0.25) is 0 Å². The molecule has 0 spiro atoms. The van der Waals surface area contributed by atoms with Crippen molar-refractivity contribution in [3.05, 3.63) is 16.6 Å². The Morgan fingerprint density at radius 3 is 2.88 bits per heavy atom. The van der Waals surface area contributed by atoms with E-state index < -0.39 is 15.3 Å². The first-order valence-corrected chi connectivity index (χ1v) is 7.18. The van der Waals surface area contributed by atoms with Crippen LogP contribution in [0.4, 0.5) is 0 Å². The van der Waals surface area contributed by atoms with Crippen LogP contribution >= 0.6 is 11.3 Å². The van der Waals surface area contributed by atoms with E-state index in [9.17, 15) is 13.2 Å². The van der Waals surface area contributed by atoms with Gasteiger partial charge >= 0.3 is 0 Å². The average molecular weight is 261 g/mol. The van der Waals surface area contributed by atoms with Gasteiger partial charge in [0.15, 0.2) is 0 Å². The lowest BCUT2D eigenvalue weighted by Crippen LogP contribution is -2.31. The van der Waals surface area contributed by atoms with Gasteiger partial charge in [-0.25, -0.2) is 18.5 Å². The van der Waals surface area contributed by atoms with Gasteiger partial charge < -0.3 is 4.90 Å². The Hall–Kier alpha value is -0.990. The van der Waals surface area contributed by atoms with Gasteiger partial charge in [0.05, 0.1) is 17.7 Å². The Morgan fingerprint density at radius 2 is 2.38 bits per heavy atom. The molecule has 1 unspecified atom stereocenters. The zero-order chi connectivity index (χ0) is 11.8. The van der Waals surface area contributed by atoms with Crippen LogP contribution in [0.25, 0.3) is 0 Å². The molecule has 0 saturated carbocycles. The van der Waals surface area contributed by atoms with Crippen molar-refractivity contribution in [1.82, 2.24) is 9.88 Å². The van der Waals surface area contributed by atoms with Gasteiger partial charge in [0, 0.05) is 18.3 Å². The van der Waals surface area contributed by atoms with E-state index in [0.717, 1.165) is 5.69 Å². The molecule has 1 aromatic rings. The summed E-state index contributed by atoms with van der Waals surface area (Å²) in [5.41, 5.74) is 2.45. The number of carbonyl (C=O) groups is 1. The van der Waals surface area contributed by atoms with Crippen molar-refractivity contribution >= 4 is 27.3 Å². The number of carbonyl (C=O) groups excluding carboxylic acids is 1. The monoisotopic (exact) mass is 261 g/mol. The molecule has 0 aromatic carbocycles. The largest absolute Gasteiger partial charge is 0.335 e. The molecule has 6 nitrogen and oxygen atoms in total. The highest BCUT2D eigenvalue weighted by atomic mass is 32.2. The molecule has 2 rings (SSSR count). The maximum absolute atomic E-state index is 11.5. The van der Waals surface area contributed by atoms with Crippen LogP contribution in [-0.2, 0) is 21.4 Å². The second-order valence-electron chi connectivity index (χ2n) is 3.67. The first-order valence-electron chi connectivity index (χ1n) is 4.63. The summed E-state index contributed by atoms with van der Waals surface area (Å²) < 4.78 is 22.2. The van der Waals surface area contributed by atoms with Crippen molar-refractivity contribution in [3.63, 3.8) is 0 Å². The van der Waals surface area contributed by atoms with Gasteiger partial charge in [-0.3, -0.25) is 4.79 Å². The molecule has 0 aliphatic carbocycles. The number of aromatic nitrogens is 1. The number of rotatable bonds is 3. The zero-order valence-corrected chi connectivity index (χ0v) is 10.00. The van der Waals surface area contributed by atoms with Crippen molar-refractivity contribution in [2.45, 2.75) is 18.2 Å². The maximum atomic E-state index is 11.5. The minimum absolute atomic E-state index is 0.0248. The minimum atomic E-state index is -3.63. The molecular weight excluding hydrogens is 250 g/mol. The summed E-state index contributed by atoms with van der Waals surface area (Å²) >= 11 is 1.44. The molecule has 0 radical (unpaired) electrons. The fourth-order valence-corrected chi connectivity index (χ4v) is 2.93. The van der Waals surface area contributed by atoms with Crippen LogP contribution in [0, 0.1) is 0 Å². The summed E-state index contributed by atoms with van der Waals surface area (Å²) in [6.07, 6.45) is -0.0248. The number of nitrogens with two attached hydrogens (primary N) is 1. The highest BCUT2D eigenvalue weighted by molar-refractivity contribution is 7.89. The van der Waals surface area contributed by atoms with Crippen LogP contribution < -0.4 is 5.14 Å². The van der Waals surface area contributed by atoms with Crippen molar-refractivity contribution in [2.24, 2.45) is 5.14 Å². The molecule has 1 aliphatic heterocycles. The molecule has 0 bridgehead atoms. The quantitative estimate of drug-likeness (QED) is 0.796. The van der Waals surface area contributed by atoms with Gasteiger partial charge in [0.25, 0.3) is 0 Å². The number of sulfonamides is 1. The fraction of sp³-hybridized carbons (Fsp3) is 0.500. The minimum Gasteiger partial charge on any atom is -0.335 e. The number of thiazole rings is 1. The molecule has 1 amide bonds. The summed E-state index contributed by atoms with van der Waals surface area (Å²) in [6.45, 7) is 0.517. The summed E-state index contributed by atoms with van der Waals surface area (Å²) in [5.74, 6) is -0.188. The SMILES string of the molecule is NS(=O)(=O)C1CC(=O)N(Cc2cscn2)C1. The molecule has 2 N–H and O–H groups in total. The second-order valence-corrected chi connectivity index (χ2v) is 6.23. The first kappa shape index (κ1) is 11.5. The van der Waals surface area contributed by atoms with Gasteiger partial charge in [-0.2, -0.15) is 0 Å². The van der Waals surface area contributed by atoms with E-state index in [2.05, 4.69) is 4.98 Å². The van der Waals surface area contributed by atoms with Crippen molar-refractivity contribution in [1.29, 1.82) is 0 Å². The van der Waals surface area contributed by atoms with E-state index in [4.69, 9.17) is 5.14 Å². The molecular formula is C8H11N3O3S2. The summed E-state index contributed by atoms with van der Waals surface area (Å²) in [7, 11) is -3.63. The molecule has 8 heteroatoms. The molecule has 16 heavy (non-hydrogen) atoms. The molecule has 1 aromatic heterocycles. The van der Waals surface area contributed by atoms with Crippen LogP contribution in [0.3, 0.4) is 0 Å². The number of hydrogen-bond acceptors (Lipinski definition) is 5. The van der Waals surface area contributed by atoms with Gasteiger partial charge in [-0.15, -0.1) is 11.3 Å². The topological polar surface area (TPSA) is 93.4 Å². The van der Waals surface area contributed by atoms with E-state index in [-0.39, 0.29) is 18.9 Å². The van der Waals surface area contributed by atoms with Crippen molar-refractivity contribution in [2.75, 3.05) is 6.54 Å². The fourth-order valence-electron chi connectivity index (χ4n) is 1.62. The van der Waals surface area contributed by atoms with Crippen molar-refractivity contribution in [3.8, 4) is 0 Å². The lowest BCUT2D eigenvalue weighted by atomic mass is 10.4. The lowest BCUT2D eigenvalue weighted by Gasteiger charge is -2.14. The first-order chi connectivity index (χ1) is 7.47. The Morgan fingerprint density at radius 1 is 1.62 bits per heavy atom. The Kier molecular flexibility index (Phi) is 2.96. The highest BCUT2D eigenvalue weighted by Gasteiger charge is 2.36. The molecule has 1 saturated heterocycles.